The Kier molecular flexibility index (Phi) is 6.46. The van der Waals surface area contributed by atoms with E-state index in [4.69, 9.17) is 5.73 Å². The van der Waals surface area contributed by atoms with E-state index in [-0.39, 0.29) is 17.5 Å². The van der Waals surface area contributed by atoms with Gasteiger partial charge in [0.2, 0.25) is 5.91 Å². The topological polar surface area (TPSA) is 58.4 Å². The van der Waals surface area contributed by atoms with Crippen LogP contribution >= 0.6 is 0 Å². The zero-order valence-electron chi connectivity index (χ0n) is 13.9. The highest BCUT2D eigenvalue weighted by Gasteiger charge is 2.37. The van der Waals surface area contributed by atoms with E-state index in [1.54, 1.807) is 0 Å². The van der Waals surface area contributed by atoms with Crippen molar-refractivity contribution in [3.05, 3.63) is 0 Å². The summed E-state index contributed by atoms with van der Waals surface area (Å²) in [5.74, 6) is 1.18. The van der Waals surface area contributed by atoms with Crippen molar-refractivity contribution in [3.63, 3.8) is 0 Å². The number of nitrogens with one attached hydrogen (secondary N) is 1. The SMILES string of the molecule is CC(C)C[C@H](N)C(=O)NCC1(N(C)C)CCCC(C)C1. The second-order valence-corrected chi connectivity index (χ2v) is 7.27. The number of amides is 1. The van der Waals surface area contributed by atoms with E-state index in [1.807, 2.05) is 0 Å². The first kappa shape index (κ1) is 17.4. The molecule has 0 aliphatic heterocycles. The molecule has 1 aliphatic rings. The highest BCUT2D eigenvalue weighted by Crippen LogP contribution is 2.35. The molecule has 1 saturated carbocycles. The van der Waals surface area contributed by atoms with Gasteiger partial charge in [0.05, 0.1) is 6.04 Å². The number of likely N-dealkylation sites (N-methyl/N-ethyl adjacent to an activating group) is 1. The molecule has 0 saturated heterocycles. The van der Waals surface area contributed by atoms with Crippen LogP contribution in [-0.2, 0) is 4.79 Å². The van der Waals surface area contributed by atoms with E-state index in [2.05, 4.69) is 45.1 Å². The summed E-state index contributed by atoms with van der Waals surface area (Å²) in [6, 6.07) is -0.379. The van der Waals surface area contributed by atoms with Crippen molar-refractivity contribution in [2.45, 2.75) is 64.5 Å². The molecule has 20 heavy (non-hydrogen) atoms. The van der Waals surface area contributed by atoms with E-state index in [9.17, 15) is 4.79 Å². The van der Waals surface area contributed by atoms with Crippen LogP contribution in [-0.4, -0.2) is 43.0 Å². The van der Waals surface area contributed by atoms with E-state index in [1.165, 1.54) is 12.8 Å². The third-order valence-corrected chi connectivity index (χ3v) is 4.67. The number of nitrogens with zero attached hydrogens (tertiary/aromatic N) is 1. The average Bonchev–Trinajstić information content (AvgIpc) is 2.34. The van der Waals surface area contributed by atoms with E-state index in [0.717, 1.165) is 31.7 Å². The Morgan fingerprint density at radius 3 is 2.60 bits per heavy atom. The largest absolute Gasteiger partial charge is 0.353 e. The third-order valence-electron chi connectivity index (χ3n) is 4.67. The predicted molar refractivity (Wildman–Crippen MR) is 84.5 cm³/mol. The molecule has 1 rings (SSSR count). The molecule has 0 heterocycles. The molecule has 1 fully saturated rings. The Morgan fingerprint density at radius 1 is 1.45 bits per heavy atom. The zero-order valence-corrected chi connectivity index (χ0v) is 13.9. The Bertz CT molecular complexity index is 317. The summed E-state index contributed by atoms with van der Waals surface area (Å²) in [7, 11) is 4.25. The molecule has 2 unspecified atom stereocenters. The third kappa shape index (κ3) is 4.74. The first-order chi connectivity index (χ1) is 9.27. The van der Waals surface area contributed by atoms with Crippen molar-refractivity contribution in [2.24, 2.45) is 17.6 Å². The number of carbonyl (C=O) groups is 1. The fourth-order valence-electron chi connectivity index (χ4n) is 3.35. The van der Waals surface area contributed by atoms with Gasteiger partial charge in [-0.25, -0.2) is 0 Å². The van der Waals surface area contributed by atoms with Crippen molar-refractivity contribution in [3.8, 4) is 0 Å². The average molecular weight is 283 g/mol. The van der Waals surface area contributed by atoms with Gasteiger partial charge in [0.25, 0.3) is 0 Å². The van der Waals surface area contributed by atoms with Crippen LogP contribution in [0.4, 0.5) is 0 Å². The fourth-order valence-corrected chi connectivity index (χ4v) is 3.35. The second-order valence-electron chi connectivity index (χ2n) is 7.27. The molecule has 4 nitrogen and oxygen atoms in total. The predicted octanol–water partition coefficient (Wildman–Crippen LogP) is 1.99. The van der Waals surface area contributed by atoms with Gasteiger partial charge in [-0.15, -0.1) is 0 Å². The summed E-state index contributed by atoms with van der Waals surface area (Å²) >= 11 is 0. The monoisotopic (exact) mass is 283 g/mol. The molecular weight excluding hydrogens is 250 g/mol. The van der Waals surface area contributed by atoms with Gasteiger partial charge in [-0.3, -0.25) is 4.79 Å². The lowest BCUT2D eigenvalue weighted by atomic mass is 9.75. The van der Waals surface area contributed by atoms with Gasteiger partial charge in [0, 0.05) is 12.1 Å². The van der Waals surface area contributed by atoms with Crippen molar-refractivity contribution in [1.82, 2.24) is 10.2 Å². The summed E-state index contributed by atoms with van der Waals surface area (Å²) in [5.41, 5.74) is 6.06. The lowest BCUT2D eigenvalue weighted by molar-refractivity contribution is -0.123. The standard InChI is InChI=1S/C16H33N3O/c1-12(2)9-14(17)15(20)18-11-16(19(4)5)8-6-7-13(3)10-16/h12-14H,6-11,17H2,1-5H3,(H,18,20)/t13?,14-,16?/m0/s1. The summed E-state index contributed by atoms with van der Waals surface area (Å²) in [5, 5.41) is 3.09. The normalized spacial score (nSPS) is 28.7. The number of carbonyl (C=O) groups excluding carboxylic acids is 1. The van der Waals surface area contributed by atoms with Gasteiger partial charge in [0.15, 0.2) is 0 Å². The molecule has 0 aromatic heterocycles. The van der Waals surface area contributed by atoms with Gasteiger partial charge >= 0.3 is 0 Å². The molecule has 4 heteroatoms. The van der Waals surface area contributed by atoms with Gasteiger partial charge in [-0.1, -0.05) is 33.6 Å². The van der Waals surface area contributed by atoms with Crippen LogP contribution in [0.25, 0.3) is 0 Å². The van der Waals surface area contributed by atoms with Gasteiger partial charge in [-0.2, -0.15) is 0 Å². The molecule has 3 atom stereocenters. The van der Waals surface area contributed by atoms with E-state index in [0.29, 0.717) is 5.92 Å². The molecule has 0 bridgehead atoms. The summed E-state index contributed by atoms with van der Waals surface area (Å²) in [6.07, 6.45) is 5.60. The molecule has 3 N–H and O–H groups in total. The Balaban J connectivity index is 2.57. The Labute approximate surface area is 124 Å². The van der Waals surface area contributed by atoms with Crippen LogP contribution < -0.4 is 11.1 Å². The summed E-state index contributed by atoms with van der Waals surface area (Å²) in [6.45, 7) is 7.22. The van der Waals surface area contributed by atoms with Crippen molar-refractivity contribution in [1.29, 1.82) is 0 Å². The number of nitrogens with two attached hydrogens (primary N) is 1. The summed E-state index contributed by atoms with van der Waals surface area (Å²) in [4.78, 5) is 14.4. The highest BCUT2D eigenvalue weighted by molar-refractivity contribution is 5.81. The van der Waals surface area contributed by atoms with Crippen molar-refractivity contribution in [2.75, 3.05) is 20.6 Å². The number of rotatable bonds is 6. The lowest BCUT2D eigenvalue weighted by Gasteiger charge is -2.45. The minimum absolute atomic E-state index is 0.00171. The lowest BCUT2D eigenvalue weighted by Crippen LogP contribution is -2.56. The minimum Gasteiger partial charge on any atom is -0.353 e. The molecule has 1 aliphatic carbocycles. The second kappa shape index (κ2) is 7.41. The molecule has 118 valence electrons. The van der Waals surface area contributed by atoms with Crippen molar-refractivity contribution < 1.29 is 4.79 Å². The van der Waals surface area contributed by atoms with Crippen LogP contribution in [0.3, 0.4) is 0 Å². The maximum atomic E-state index is 12.1. The highest BCUT2D eigenvalue weighted by atomic mass is 16.2. The van der Waals surface area contributed by atoms with Crippen LogP contribution in [0.15, 0.2) is 0 Å². The minimum atomic E-state index is -0.379. The van der Waals surface area contributed by atoms with Crippen molar-refractivity contribution >= 4 is 5.91 Å². The molecule has 0 aromatic carbocycles. The van der Waals surface area contributed by atoms with Gasteiger partial charge in [0.1, 0.15) is 0 Å². The molecule has 0 spiro atoms. The smallest absolute Gasteiger partial charge is 0.236 e. The Morgan fingerprint density at radius 2 is 2.10 bits per heavy atom. The maximum Gasteiger partial charge on any atom is 0.236 e. The fraction of sp³-hybridized carbons (Fsp3) is 0.938. The molecular formula is C16H33N3O. The molecule has 1 amide bonds. The zero-order chi connectivity index (χ0) is 15.3. The van der Waals surface area contributed by atoms with Crippen LogP contribution in [0.2, 0.25) is 0 Å². The summed E-state index contributed by atoms with van der Waals surface area (Å²) < 4.78 is 0. The molecule has 0 radical (unpaired) electrons. The van der Waals surface area contributed by atoms with Crippen LogP contribution in [0.5, 0.6) is 0 Å². The molecule has 0 aromatic rings. The van der Waals surface area contributed by atoms with Crippen LogP contribution in [0.1, 0.15) is 52.9 Å². The first-order valence-corrected chi connectivity index (χ1v) is 7.97. The van der Waals surface area contributed by atoms with Gasteiger partial charge in [-0.05, 0) is 45.2 Å². The number of hydrogen-bond acceptors (Lipinski definition) is 3. The van der Waals surface area contributed by atoms with Gasteiger partial charge < -0.3 is 16.0 Å². The number of hydrogen-bond donors (Lipinski definition) is 2. The van der Waals surface area contributed by atoms with Crippen LogP contribution in [0, 0.1) is 11.8 Å². The first-order valence-electron chi connectivity index (χ1n) is 7.97. The Hall–Kier alpha value is -0.610. The van der Waals surface area contributed by atoms with E-state index >= 15 is 0 Å². The maximum absolute atomic E-state index is 12.1. The quantitative estimate of drug-likeness (QED) is 0.784. The van der Waals surface area contributed by atoms with E-state index < -0.39 is 0 Å².